The monoisotopic (exact) mass is 257 g/mol. The highest BCUT2D eigenvalue weighted by atomic mass is 16.7. The Morgan fingerprint density at radius 3 is 2.17 bits per heavy atom. The van der Waals surface area contributed by atoms with Crippen molar-refractivity contribution in [3.8, 4) is 0 Å². The molecule has 0 aliphatic carbocycles. The van der Waals surface area contributed by atoms with Crippen LogP contribution < -0.4 is 0 Å². The maximum atomic E-state index is 5.58. The number of rotatable bonds is 9. The highest BCUT2D eigenvalue weighted by Gasteiger charge is 2.19. The van der Waals surface area contributed by atoms with Gasteiger partial charge in [-0.05, 0) is 45.7 Å². The van der Waals surface area contributed by atoms with Crippen LogP contribution in [0.15, 0.2) is 0 Å². The van der Waals surface area contributed by atoms with E-state index in [1.165, 1.54) is 38.8 Å². The summed E-state index contributed by atoms with van der Waals surface area (Å²) >= 11 is 0. The second-order valence-electron chi connectivity index (χ2n) is 5.20. The number of ether oxygens (including phenoxy) is 2. The zero-order valence-corrected chi connectivity index (χ0v) is 12.5. The predicted molar refractivity (Wildman–Crippen MR) is 75.7 cm³/mol. The van der Waals surface area contributed by atoms with Crippen molar-refractivity contribution in [3.63, 3.8) is 0 Å². The molecule has 0 saturated carbocycles. The lowest BCUT2D eigenvalue weighted by molar-refractivity contribution is -0.142. The Kier molecular flexibility index (Phi) is 8.64. The van der Waals surface area contributed by atoms with Gasteiger partial charge in [-0.15, -0.1) is 0 Å². The molecular formula is C15H31NO2. The number of hydrogen-bond donors (Lipinski definition) is 0. The summed E-state index contributed by atoms with van der Waals surface area (Å²) < 4.78 is 11.2. The molecule has 0 bridgehead atoms. The molecule has 1 rings (SSSR count). The van der Waals surface area contributed by atoms with E-state index < -0.39 is 0 Å². The van der Waals surface area contributed by atoms with Crippen molar-refractivity contribution in [2.75, 3.05) is 32.8 Å². The molecule has 1 aliphatic heterocycles. The Morgan fingerprint density at radius 1 is 1.06 bits per heavy atom. The summed E-state index contributed by atoms with van der Waals surface area (Å²) in [5, 5.41) is 0. The molecule has 1 heterocycles. The molecule has 1 fully saturated rings. The van der Waals surface area contributed by atoms with Crippen molar-refractivity contribution < 1.29 is 9.47 Å². The van der Waals surface area contributed by atoms with E-state index in [2.05, 4.69) is 11.8 Å². The molecule has 1 aliphatic rings. The van der Waals surface area contributed by atoms with Gasteiger partial charge in [-0.2, -0.15) is 0 Å². The second-order valence-corrected chi connectivity index (χ2v) is 5.20. The summed E-state index contributed by atoms with van der Waals surface area (Å²) in [6, 6.07) is 0. The topological polar surface area (TPSA) is 21.7 Å². The smallest absolute Gasteiger partial charge is 0.158 e. The molecule has 0 aromatic rings. The fourth-order valence-electron chi connectivity index (χ4n) is 2.78. The van der Waals surface area contributed by atoms with E-state index in [4.69, 9.17) is 9.47 Å². The van der Waals surface area contributed by atoms with Gasteiger partial charge in [0.15, 0.2) is 6.29 Å². The van der Waals surface area contributed by atoms with Crippen LogP contribution in [0.25, 0.3) is 0 Å². The van der Waals surface area contributed by atoms with E-state index in [1.807, 2.05) is 13.8 Å². The first-order valence-electron chi connectivity index (χ1n) is 7.75. The molecule has 0 amide bonds. The SMILES string of the molecule is CCCC1CCN(CCC(OCC)OCC)CC1. The number of piperidine rings is 1. The normalized spacial score (nSPS) is 18.7. The Balaban J connectivity index is 2.15. The highest BCUT2D eigenvalue weighted by molar-refractivity contribution is 4.72. The maximum Gasteiger partial charge on any atom is 0.158 e. The number of likely N-dealkylation sites (tertiary alicyclic amines) is 1. The van der Waals surface area contributed by atoms with Crippen LogP contribution in [0.2, 0.25) is 0 Å². The lowest BCUT2D eigenvalue weighted by atomic mass is 9.92. The average molecular weight is 257 g/mol. The van der Waals surface area contributed by atoms with Crippen LogP contribution in [0, 0.1) is 5.92 Å². The zero-order chi connectivity index (χ0) is 13.2. The van der Waals surface area contributed by atoms with Gasteiger partial charge in [0.2, 0.25) is 0 Å². The summed E-state index contributed by atoms with van der Waals surface area (Å²) in [5.41, 5.74) is 0. The first-order valence-corrected chi connectivity index (χ1v) is 7.75. The maximum absolute atomic E-state index is 5.58. The fraction of sp³-hybridized carbons (Fsp3) is 1.00. The van der Waals surface area contributed by atoms with Crippen LogP contribution in [-0.4, -0.2) is 44.0 Å². The minimum absolute atomic E-state index is 0.00614. The second kappa shape index (κ2) is 9.76. The molecule has 3 heteroatoms. The third-order valence-electron chi connectivity index (χ3n) is 3.79. The molecule has 0 unspecified atom stereocenters. The minimum Gasteiger partial charge on any atom is -0.353 e. The third kappa shape index (κ3) is 6.17. The van der Waals surface area contributed by atoms with Gasteiger partial charge in [-0.25, -0.2) is 0 Å². The van der Waals surface area contributed by atoms with Crippen LogP contribution in [0.4, 0.5) is 0 Å². The molecule has 0 atom stereocenters. The molecule has 0 spiro atoms. The number of nitrogens with zero attached hydrogens (tertiary/aromatic N) is 1. The first-order chi connectivity index (χ1) is 8.80. The van der Waals surface area contributed by atoms with E-state index in [-0.39, 0.29) is 6.29 Å². The zero-order valence-electron chi connectivity index (χ0n) is 12.5. The average Bonchev–Trinajstić information content (AvgIpc) is 2.38. The molecule has 108 valence electrons. The summed E-state index contributed by atoms with van der Waals surface area (Å²) in [6.07, 6.45) is 6.49. The van der Waals surface area contributed by atoms with Crippen molar-refractivity contribution in [2.24, 2.45) is 5.92 Å². The summed E-state index contributed by atoms with van der Waals surface area (Å²) in [5.74, 6) is 0.973. The Morgan fingerprint density at radius 2 is 1.67 bits per heavy atom. The quantitative estimate of drug-likeness (QED) is 0.592. The van der Waals surface area contributed by atoms with Gasteiger partial charge >= 0.3 is 0 Å². The van der Waals surface area contributed by atoms with Gasteiger partial charge in [0.25, 0.3) is 0 Å². The van der Waals surface area contributed by atoms with E-state index in [0.717, 1.165) is 32.1 Å². The molecule has 0 radical (unpaired) electrons. The molecule has 3 nitrogen and oxygen atoms in total. The van der Waals surface area contributed by atoms with Crippen molar-refractivity contribution in [1.82, 2.24) is 4.90 Å². The van der Waals surface area contributed by atoms with Gasteiger partial charge in [0.1, 0.15) is 0 Å². The number of hydrogen-bond acceptors (Lipinski definition) is 3. The van der Waals surface area contributed by atoms with Crippen molar-refractivity contribution in [1.29, 1.82) is 0 Å². The van der Waals surface area contributed by atoms with Crippen LogP contribution in [0.1, 0.15) is 52.9 Å². The van der Waals surface area contributed by atoms with Gasteiger partial charge in [0, 0.05) is 26.2 Å². The van der Waals surface area contributed by atoms with Gasteiger partial charge in [0.05, 0.1) is 0 Å². The van der Waals surface area contributed by atoms with Crippen LogP contribution >= 0.6 is 0 Å². The van der Waals surface area contributed by atoms with E-state index >= 15 is 0 Å². The van der Waals surface area contributed by atoms with Gasteiger partial charge < -0.3 is 14.4 Å². The predicted octanol–water partition coefficient (Wildman–Crippen LogP) is 3.29. The Labute approximate surface area is 113 Å². The van der Waals surface area contributed by atoms with Gasteiger partial charge in [-0.3, -0.25) is 0 Å². The Bertz CT molecular complexity index is 185. The summed E-state index contributed by atoms with van der Waals surface area (Å²) in [4.78, 5) is 2.57. The van der Waals surface area contributed by atoms with Crippen molar-refractivity contribution in [2.45, 2.75) is 59.2 Å². The standard InChI is InChI=1S/C15H31NO2/c1-4-7-14-8-11-16(12-9-14)13-10-15(17-5-2)18-6-3/h14-15H,4-13H2,1-3H3. The van der Waals surface area contributed by atoms with E-state index in [9.17, 15) is 0 Å². The van der Waals surface area contributed by atoms with Crippen LogP contribution in [-0.2, 0) is 9.47 Å². The molecular weight excluding hydrogens is 226 g/mol. The van der Waals surface area contributed by atoms with Crippen molar-refractivity contribution in [3.05, 3.63) is 0 Å². The lowest BCUT2D eigenvalue weighted by Crippen LogP contribution is -2.36. The third-order valence-corrected chi connectivity index (χ3v) is 3.79. The fourth-order valence-corrected chi connectivity index (χ4v) is 2.78. The minimum atomic E-state index is -0.00614. The molecule has 0 aromatic carbocycles. The summed E-state index contributed by atoms with van der Waals surface area (Å²) in [6.45, 7) is 11.5. The first kappa shape index (κ1) is 15.9. The van der Waals surface area contributed by atoms with Crippen molar-refractivity contribution >= 4 is 0 Å². The molecule has 0 N–H and O–H groups in total. The van der Waals surface area contributed by atoms with E-state index in [1.54, 1.807) is 0 Å². The highest BCUT2D eigenvalue weighted by Crippen LogP contribution is 2.21. The largest absolute Gasteiger partial charge is 0.353 e. The van der Waals surface area contributed by atoms with E-state index in [0.29, 0.717) is 0 Å². The molecule has 18 heavy (non-hydrogen) atoms. The van der Waals surface area contributed by atoms with Crippen LogP contribution in [0.3, 0.4) is 0 Å². The van der Waals surface area contributed by atoms with Crippen LogP contribution in [0.5, 0.6) is 0 Å². The lowest BCUT2D eigenvalue weighted by Gasteiger charge is -2.32. The molecule has 1 saturated heterocycles. The Hall–Kier alpha value is -0.120. The summed E-state index contributed by atoms with van der Waals surface area (Å²) in [7, 11) is 0. The van der Waals surface area contributed by atoms with Gasteiger partial charge in [-0.1, -0.05) is 19.8 Å². The molecule has 0 aromatic heterocycles.